The summed E-state index contributed by atoms with van der Waals surface area (Å²) in [7, 11) is -9.03. The smallest absolute Gasteiger partial charge is 0.302 e. The Labute approximate surface area is 298 Å². The van der Waals surface area contributed by atoms with Crippen LogP contribution in [0.3, 0.4) is 0 Å². The molecule has 11 nitrogen and oxygen atoms in total. The van der Waals surface area contributed by atoms with Crippen LogP contribution in [-0.4, -0.2) is 66.6 Å². The maximum atomic E-state index is 13.2. The summed E-state index contributed by atoms with van der Waals surface area (Å²) in [6.45, 7) is 28.1. The van der Waals surface area contributed by atoms with Crippen LogP contribution in [0.15, 0.2) is 30.3 Å². The van der Waals surface area contributed by atoms with Crippen LogP contribution in [0.2, 0.25) is 39.3 Å². The second kappa shape index (κ2) is 18.9. The second-order valence-electron chi connectivity index (χ2n) is 17.8. The molecule has 1 rings (SSSR count). The van der Waals surface area contributed by atoms with Gasteiger partial charge in [-0.1, -0.05) is 92.6 Å². The summed E-state index contributed by atoms with van der Waals surface area (Å²) in [5, 5.41) is -0.0663. The first-order chi connectivity index (χ1) is 22.1. The molecule has 0 bridgehead atoms. The average Bonchev–Trinajstić information content (AvgIpc) is 2.92. The van der Waals surface area contributed by atoms with E-state index in [0.717, 1.165) is 5.56 Å². The van der Waals surface area contributed by atoms with E-state index in [4.69, 9.17) is 38.2 Å². The fraction of sp³-hybridized carbons (Fsp3) is 0.743. The van der Waals surface area contributed by atoms with Gasteiger partial charge in [0.2, 0.25) is 0 Å². The van der Waals surface area contributed by atoms with Gasteiger partial charge in [-0.3, -0.25) is 13.7 Å². The number of hydrogen-bond donors (Lipinski definition) is 0. The van der Waals surface area contributed by atoms with Crippen molar-refractivity contribution in [2.24, 2.45) is 16.2 Å². The molecule has 14 heteroatoms. The van der Waals surface area contributed by atoms with Crippen LogP contribution in [0.4, 0.5) is 0 Å². The molecule has 2 atom stereocenters. The monoisotopic (exact) mass is 744 g/mol. The van der Waals surface area contributed by atoms with Gasteiger partial charge >= 0.3 is 25.0 Å². The number of benzene rings is 1. The summed E-state index contributed by atoms with van der Waals surface area (Å²) >= 11 is 0. The minimum Gasteiger partial charge on any atom is -0.302 e. The minimum atomic E-state index is -3.05. The molecule has 0 spiro atoms. The van der Waals surface area contributed by atoms with Crippen LogP contribution >= 0.6 is 0 Å². The molecule has 0 radical (unpaired) electrons. The van der Waals surface area contributed by atoms with Crippen molar-refractivity contribution in [2.75, 3.05) is 13.2 Å². The molecule has 0 fully saturated rings. The van der Waals surface area contributed by atoms with E-state index in [9.17, 15) is 14.4 Å². The first kappa shape index (κ1) is 45.6. The van der Waals surface area contributed by atoms with E-state index < -0.39 is 37.2 Å². The Morgan fingerprint density at radius 3 is 1.24 bits per heavy atom. The Morgan fingerprint density at radius 1 is 0.531 bits per heavy atom. The maximum Gasteiger partial charge on any atom is 0.303 e. The van der Waals surface area contributed by atoms with Crippen molar-refractivity contribution in [3.05, 3.63) is 35.9 Å². The SMILES string of the molecule is CC(C)(C)CC(=O)[Si](C)(C)OOC[C@H](OO[Si](C)(C)C(=O)CC(C)(C)C)[C@H](COOCc1ccccc1)OO[Si](C)(C)C(=O)CC(C)(C)C. The van der Waals surface area contributed by atoms with E-state index in [1.165, 1.54) is 0 Å². The zero-order valence-corrected chi connectivity index (χ0v) is 35.8. The summed E-state index contributed by atoms with van der Waals surface area (Å²) in [5.74, 6) is 0. The lowest BCUT2D eigenvalue weighted by atomic mass is 9.93. The highest BCUT2D eigenvalue weighted by Crippen LogP contribution is 2.27. The maximum absolute atomic E-state index is 13.2. The van der Waals surface area contributed by atoms with E-state index in [2.05, 4.69) is 0 Å². The summed E-state index contributed by atoms with van der Waals surface area (Å²) in [6, 6.07) is 9.48. The number of hydrogen-bond acceptors (Lipinski definition) is 11. The lowest BCUT2D eigenvalue weighted by molar-refractivity contribution is -0.387. The predicted molar refractivity (Wildman–Crippen MR) is 196 cm³/mol. The average molecular weight is 745 g/mol. The van der Waals surface area contributed by atoms with Crippen LogP contribution in [-0.2, 0) is 59.2 Å². The first-order valence-electron chi connectivity index (χ1n) is 17.0. The van der Waals surface area contributed by atoms with Crippen LogP contribution in [0, 0.1) is 16.2 Å². The van der Waals surface area contributed by atoms with Crippen molar-refractivity contribution in [1.29, 1.82) is 0 Å². The van der Waals surface area contributed by atoms with Crippen molar-refractivity contribution in [1.82, 2.24) is 0 Å². The van der Waals surface area contributed by atoms with E-state index in [1.54, 1.807) is 39.3 Å². The molecule has 1 aromatic carbocycles. The van der Waals surface area contributed by atoms with Gasteiger partial charge in [0.1, 0.15) is 48.2 Å². The molecular weight excluding hydrogens is 681 g/mol. The van der Waals surface area contributed by atoms with Crippen LogP contribution in [0.1, 0.15) is 87.1 Å². The molecule has 0 aromatic heterocycles. The third kappa shape index (κ3) is 19.1. The fourth-order valence-electron chi connectivity index (χ4n) is 4.03. The molecule has 0 saturated carbocycles. The zero-order valence-electron chi connectivity index (χ0n) is 32.8. The van der Waals surface area contributed by atoms with Crippen molar-refractivity contribution < 1.29 is 52.6 Å². The summed E-state index contributed by atoms with van der Waals surface area (Å²) in [5.41, 5.74) is 0.202. The van der Waals surface area contributed by atoms with Crippen molar-refractivity contribution in [2.45, 2.75) is 140 Å². The van der Waals surface area contributed by atoms with Gasteiger partial charge in [-0.15, -0.1) is 0 Å². The van der Waals surface area contributed by atoms with Crippen molar-refractivity contribution in [3.8, 4) is 0 Å². The lowest BCUT2D eigenvalue weighted by Gasteiger charge is -2.32. The molecule has 0 N–H and O–H groups in total. The van der Waals surface area contributed by atoms with Gasteiger partial charge in [-0.2, -0.15) is 0 Å². The molecule has 0 aliphatic carbocycles. The Morgan fingerprint density at radius 2 is 0.878 bits per heavy atom. The number of carbonyl (C=O) groups is 3. The predicted octanol–water partition coefficient (Wildman–Crippen LogP) is 7.97. The summed E-state index contributed by atoms with van der Waals surface area (Å²) in [6.07, 6.45) is -1.19. The number of rotatable bonds is 22. The molecule has 0 saturated heterocycles. The highest BCUT2D eigenvalue weighted by atomic mass is 28.4. The second-order valence-corrected chi connectivity index (χ2v) is 29.1. The normalized spacial score (nSPS) is 14.8. The van der Waals surface area contributed by atoms with E-state index in [-0.39, 0.29) is 52.3 Å². The topological polar surface area (TPSA) is 125 Å². The van der Waals surface area contributed by atoms with E-state index in [1.807, 2.05) is 92.6 Å². The Bertz CT molecular complexity index is 1180. The lowest BCUT2D eigenvalue weighted by Crippen LogP contribution is -2.50. The minimum absolute atomic E-state index is 0.00563. The van der Waals surface area contributed by atoms with Gasteiger partial charge in [0, 0.05) is 19.3 Å². The fourth-order valence-corrected chi connectivity index (χ4v) is 8.27. The van der Waals surface area contributed by atoms with Gasteiger partial charge in [0.25, 0.3) is 0 Å². The molecule has 0 unspecified atom stereocenters. The standard InChI is InChI=1S/C35H64O11Si3/c1-33(2,3)21-30(36)47(10,11)44-41-26-29(43-46-49(14,15)32(38)23-35(7,8)9)28(25-40-39-24-27-19-17-16-18-20-27)42-45-48(12,13)31(37)22-34(4,5)6/h16-20,28-29H,21-26H2,1-15H3/t28-,29-/m0/s1. The van der Waals surface area contributed by atoms with Crippen LogP contribution in [0.5, 0.6) is 0 Å². The quantitative estimate of drug-likeness (QED) is 0.0497. The highest BCUT2D eigenvalue weighted by Gasteiger charge is 2.42. The van der Waals surface area contributed by atoms with Gasteiger partial charge in [0.05, 0.1) is 0 Å². The Balaban J connectivity index is 3.30. The molecule has 0 aliphatic rings. The van der Waals surface area contributed by atoms with Crippen molar-refractivity contribution >= 4 is 41.2 Å². The van der Waals surface area contributed by atoms with Crippen LogP contribution in [0.25, 0.3) is 0 Å². The highest BCUT2D eigenvalue weighted by molar-refractivity contribution is 7.00. The summed E-state index contributed by atoms with van der Waals surface area (Å²) in [4.78, 5) is 68.1. The molecule has 0 heterocycles. The first-order valence-corrected chi connectivity index (χ1v) is 25.7. The Hall–Kier alpha value is -1.44. The third-order valence-electron chi connectivity index (χ3n) is 7.15. The van der Waals surface area contributed by atoms with Crippen LogP contribution < -0.4 is 0 Å². The molecular formula is C35H64O11Si3. The zero-order chi connectivity index (χ0) is 37.9. The molecule has 1 aromatic rings. The molecule has 282 valence electrons. The van der Waals surface area contributed by atoms with E-state index in [0.29, 0.717) is 19.3 Å². The molecule has 49 heavy (non-hydrogen) atoms. The van der Waals surface area contributed by atoms with Gasteiger partial charge in [-0.25, -0.2) is 24.4 Å². The third-order valence-corrected chi connectivity index (χ3v) is 13.3. The Kier molecular flexibility index (Phi) is 17.6. The molecule has 0 aliphatic heterocycles. The number of carbonyl (C=O) groups excluding carboxylic acids is 3. The molecule has 0 amide bonds. The van der Waals surface area contributed by atoms with E-state index >= 15 is 0 Å². The van der Waals surface area contributed by atoms with Gasteiger partial charge in [-0.05, 0) is 61.1 Å². The largest absolute Gasteiger partial charge is 0.303 e. The van der Waals surface area contributed by atoms with Gasteiger partial charge < -0.3 is 14.4 Å². The summed E-state index contributed by atoms with van der Waals surface area (Å²) < 4.78 is 17.6. The van der Waals surface area contributed by atoms with Crippen molar-refractivity contribution in [3.63, 3.8) is 0 Å². The van der Waals surface area contributed by atoms with Gasteiger partial charge in [0.15, 0.2) is 0 Å².